The minimum absolute atomic E-state index is 0.0603. The van der Waals surface area contributed by atoms with E-state index in [0.29, 0.717) is 27.0 Å². The molecule has 0 bridgehead atoms. The summed E-state index contributed by atoms with van der Waals surface area (Å²) in [5.74, 6) is -0.132. The SMILES string of the molecule is C\C=C/C(NC(=O)CSc1nc(N)nc(SC)c1C#N)=C(N)\C=C/CC. The van der Waals surface area contributed by atoms with Gasteiger partial charge in [-0.25, -0.2) is 9.97 Å². The molecule has 0 radical (unpaired) electrons. The highest BCUT2D eigenvalue weighted by atomic mass is 32.2. The fraction of sp³-hybridized carbons (Fsp3) is 0.294. The van der Waals surface area contributed by atoms with Gasteiger partial charge in [0.1, 0.15) is 21.7 Å². The molecular weight excluding hydrogens is 368 g/mol. The van der Waals surface area contributed by atoms with Gasteiger partial charge in [0.2, 0.25) is 11.9 Å². The van der Waals surface area contributed by atoms with Crippen molar-refractivity contribution < 1.29 is 4.79 Å². The fourth-order valence-electron chi connectivity index (χ4n) is 1.82. The molecule has 9 heteroatoms. The molecule has 0 fully saturated rings. The number of amides is 1. The number of nitrogens with two attached hydrogens (primary N) is 2. The maximum absolute atomic E-state index is 12.3. The van der Waals surface area contributed by atoms with Gasteiger partial charge in [-0.2, -0.15) is 5.26 Å². The van der Waals surface area contributed by atoms with E-state index in [-0.39, 0.29) is 17.6 Å². The molecule has 1 heterocycles. The monoisotopic (exact) mass is 390 g/mol. The number of hydrogen-bond donors (Lipinski definition) is 3. The number of rotatable bonds is 8. The maximum Gasteiger partial charge on any atom is 0.234 e. The number of anilines is 1. The van der Waals surface area contributed by atoms with Crippen molar-refractivity contribution in [3.05, 3.63) is 41.3 Å². The van der Waals surface area contributed by atoms with Crippen molar-refractivity contribution in [2.24, 2.45) is 5.73 Å². The molecule has 0 unspecified atom stereocenters. The molecule has 1 aromatic heterocycles. The number of nitriles is 1. The Hall–Kier alpha value is -2.44. The van der Waals surface area contributed by atoms with Crippen molar-refractivity contribution >= 4 is 35.4 Å². The number of nitrogens with zero attached hydrogens (tertiary/aromatic N) is 3. The molecule has 0 aliphatic heterocycles. The quantitative estimate of drug-likeness (QED) is 0.351. The number of allylic oxidation sites excluding steroid dienone is 4. The zero-order chi connectivity index (χ0) is 19.5. The molecule has 0 aliphatic rings. The summed E-state index contributed by atoms with van der Waals surface area (Å²) in [5.41, 5.74) is 13.0. The second kappa shape index (κ2) is 11.2. The summed E-state index contributed by atoms with van der Waals surface area (Å²) in [4.78, 5) is 20.4. The molecule has 0 saturated carbocycles. The van der Waals surface area contributed by atoms with Crippen molar-refractivity contribution in [3.63, 3.8) is 0 Å². The molecule has 0 spiro atoms. The first-order chi connectivity index (χ1) is 12.5. The summed E-state index contributed by atoms with van der Waals surface area (Å²) >= 11 is 2.43. The average Bonchev–Trinajstić information content (AvgIpc) is 2.63. The van der Waals surface area contributed by atoms with Gasteiger partial charge in [-0.3, -0.25) is 4.79 Å². The minimum Gasteiger partial charge on any atom is -0.397 e. The Bertz CT molecular complexity index is 780. The normalized spacial score (nSPS) is 12.2. The van der Waals surface area contributed by atoms with Crippen LogP contribution in [0.3, 0.4) is 0 Å². The second-order valence-corrected chi connectivity index (χ2v) is 6.66. The van der Waals surface area contributed by atoms with E-state index in [9.17, 15) is 10.1 Å². The van der Waals surface area contributed by atoms with Crippen LogP contribution in [0.25, 0.3) is 0 Å². The number of carbonyl (C=O) groups is 1. The Kier molecular flexibility index (Phi) is 9.33. The molecule has 26 heavy (non-hydrogen) atoms. The van der Waals surface area contributed by atoms with Crippen LogP contribution in [-0.2, 0) is 4.79 Å². The largest absolute Gasteiger partial charge is 0.397 e. The van der Waals surface area contributed by atoms with Crippen molar-refractivity contribution in [2.75, 3.05) is 17.7 Å². The molecule has 1 amide bonds. The molecule has 1 aromatic rings. The lowest BCUT2D eigenvalue weighted by molar-refractivity contribution is -0.117. The Balaban J connectivity index is 2.91. The third-order valence-corrected chi connectivity index (χ3v) is 4.61. The summed E-state index contributed by atoms with van der Waals surface area (Å²) in [5, 5.41) is 13.0. The Morgan fingerprint density at radius 1 is 1.35 bits per heavy atom. The number of hydrogen-bond acceptors (Lipinski definition) is 8. The van der Waals surface area contributed by atoms with Crippen LogP contribution in [-0.4, -0.2) is 27.9 Å². The van der Waals surface area contributed by atoms with E-state index in [4.69, 9.17) is 11.5 Å². The van der Waals surface area contributed by atoms with Crippen molar-refractivity contribution in [1.29, 1.82) is 5.26 Å². The Morgan fingerprint density at radius 3 is 2.62 bits per heavy atom. The first-order valence-electron chi connectivity index (χ1n) is 7.79. The standard InChI is InChI=1S/C17H22N6OS2/c1-4-6-8-12(19)13(7-5-2)21-14(24)10-26-16-11(9-18)15(25-3)22-17(20)23-16/h5-8H,4,10,19H2,1-3H3,(H,21,24)(H2,20,22,23)/b7-5-,8-6-,13-12-. The number of aromatic nitrogens is 2. The van der Waals surface area contributed by atoms with E-state index < -0.39 is 0 Å². The predicted molar refractivity (Wildman–Crippen MR) is 107 cm³/mol. The van der Waals surface area contributed by atoms with Crippen LogP contribution in [0.5, 0.6) is 0 Å². The molecule has 138 valence electrons. The first-order valence-corrected chi connectivity index (χ1v) is 10.0. The third-order valence-electron chi connectivity index (χ3n) is 2.96. The number of nitrogens with one attached hydrogen (secondary N) is 1. The van der Waals surface area contributed by atoms with Crippen molar-refractivity contribution in [2.45, 2.75) is 30.3 Å². The van der Waals surface area contributed by atoms with Crippen molar-refractivity contribution in [3.8, 4) is 6.07 Å². The summed E-state index contributed by atoms with van der Waals surface area (Å²) in [6.45, 7) is 3.84. The molecule has 7 nitrogen and oxygen atoms in total. The van der Waals surface area contributed by atoms with Gasteiger partial charge in [-0.05, 0) is 31.8 Å². The lowest BCUT2D eigenvalue weighted by atomic mass is 10.2. The lowest BCUT2D eigenvalue weighted by Crippen LogP contribution is -2.26. The highest BCUT2D eigenvalue weighted by Crippen LogP contribution is 2.27. The Morgan fingerprint density at radius 2 is 2.04 bits per heavy atom. The van der Waals surface area contributed by atoms with Crippen LogP contribution < -0.4 is 16.8 Å². The second-order valence-electron chi connectivity index (χ2n) is 4.90. The number of thioether (sulfide) groups is 2. The van der Waals surface area contributed by atoms with Gasteiger partial charge in [-0.15, -0.1) is 11.8 Å². The summed E-state index contributed by atoms with van der Waals surface area (Å²) in [6, 6.07) is 2.06. The van der Waals surface area contributed by atoms with Gasteiger partial charge in [0.25, 0.3) is 0 Å². The van der Waals surface area contributed by atoms with Gasteiger partial charge >= 0.3 is 0 Å². The van der Waals surface area contributed by atoms with E-state index in [0.717, 1.165) is 18.2 Å². The van der Waals surface area contributed by atoms with Gasteiger partial charge in [0.15, 0.2) is 0 Å². The minimum atomic E-state index is -0.261. The molecule has 5 N–H and O–H groups in total. The van der Waals surface area contributed by atoms with E-state index in [1.165, 1.54) is 11.8 Å². The zero-order valence-electron chi connectivity index (χ0n) is 14.9. The van der Waals surface area contributed by atoms with Crippen LogP contribution in [0, 0.1) is 11.3 Å². The summed E-state index contributed by atoms with van der Waals surface area (Å²) in [6.07, 6.45) is 9.83. The molecule has 0 aromatic carbocycles. The summed E-state index contributed by atoms with van der Waals surface area (Å²) in [7, 11) is 0. The maximum atomic E-state index is 12.3. The van der Waals surface area contributed by atoms with Crippen LogP contribution in [0.4, 0.5) is 5.95 Å². The predicted octanol–water partition coefficient (Wildman–Crippen LogP) is 2.57. The molecule has 0 atom stereocenters. The van der Waals surface area contributed by atoms with E-state index in [2.05, 4.69) is 21.4 Å². The van der Waals surface area contributed by atoms with E-state index >= 15 is 0 Å². The molecule has 0 saturated heterocycles. The average molecular weight is 391 g/mol. The van der Waals surface area contributed by atoms with Crippen LogP contribution in [0.15, 0.2) is 45.8 Å². The fourth-order valence-corrected chi connectivity index (χ4v) is 3.20. The van der Waals surface area contributed by atoms with E-state index in [1.54, 1.807) is 24.5 Å². The zero-order valence-corrected chi connectivity index (χ0v) is 16.6. The smallest absolute Gasteiger partial charge is 0.234 e. The molecule has 1 rings (SSSR count). The lowest BCUT2D eigenvalue weighted by Gasteiger charge is -2.10. The summed E-state index contributed by atoms with van der Waals surface area (Å²) < 4.78 is 0. The highest BCUT2D eigenvalue weighted by molar-refractivity contribution is 8.00. The van der Waals surface area contributed by atoms with Gasteiger partial charge in [0.05, 0.1) is 17.1 Å². The van der Waals surface area contributed by atoms with Crippen LogP contribution in [0.2, 0.25) is 0 Å². The molecular formula is C17H22N6OS2. The van der Waals surface area contributed by atoms with Gasteiger partial charge in [-0.1, -0.05) is 30.8 Å². The number of nitrogen functional groups attached to an aromatic ring is 1. The topological polar surface area (TPSA) is 131 Å². The molecule has 0 aliphatic carbocycles. The van der Waals surface area contributed by atoms with Crippen molar-refractivity contribution in [1.82, 2.24) is 15.3 Å². The van der Waals surface area contributed by atoms with Crippen LogP contribution in [0.1, 0.15) is 25.8 Å². The first kappa shape index (κ1) is 21.6. The van der Waals surface area contributed by atoms with Gasteiger partial charge < -0.3 is 16.8 Å². The number of carbonyl (C=O) groups excluding carboxylic acids is 1. The highest BCUT2D eigenvalue weighted by Gasteiger charge is 2.15. The third kappa shape index (κ3) is 6.46. The van der Waals surface area contributed by atoms with E-state index in [1.807, 2.05) is 19.9 Å². The van der Waals surface area contributed by atoms with Gasteiger partial charge in [0, 0.05) is 0 Å². The van der Waals surface area contributed by atoms with Crippen LogP contribution >= 0.6 is 23.5 Å². The Labute approximate surface area is 162 Å².